The van der Waals surface area contributed by atoms with Crippen LogP contribution in [0.3, 0.4) is 0 Å². The Bertz CT molecular complexity index is 532. The number of rotatable bonds is 2. The van der Waals surface area contributed by atoms with E-state index in [9.17, 15) is 18.0 Å². The van der Waals surface area contributed by atoms with Crippen LogP contribution >= 0.6 is 11.8 Å². The first-order chi connectivity index (χ1) is 8.78. The van der Waals surface area contributed by atoms with Crippen LogP contribution in [0.15, 0.2) is 34.7 Å². The second-order valence-electron chi connectivity index (χ2n) is 4.23. The van der Waals surface area contributed by atoms with E-state index >= 15 is 0 Å². The van der Waals surface area contributed by atoms with Crippen molar-refractivity contribution in [1.29, 1.82) is 0 Å². The molecule has 0 saturated heterocycles. The van der Waals surface area contributed by atoms with Crippen molar-refractivity contribution in [2.75, 3.05) is 0 Å². The lowest BCUT2D eigenvalue weighted by molar-refractivity contribution is -0.139. The van der Waals surface area contributed by atoms with Crippen molar-refractivity contribution in [3.05, 3.63) is 45.9 Å². The number of hydrogen-bond donors (Lipinski definition) is 0. The van der Waals surface area contributed by atoms with Crippen molar-refractivity contribution in [2.45, 2.75) is 25.5 Å². The van der Waals surface area contributed by atoms with E-state index in [0.29, 0.717) is 5.56 Å². The zero-order chi connectivity index (χ0) is 14.2. The van der Waals surface area contributed by atoms with Gasteiger partial charge in [0.25, 0.3) is 0 Å². The maximum atomic E-state index is 12.5. The fourth-order valence-electron chi connectivity index (χ4n) is 1.76. The highest BCUT2D eigenvalue weighted by Crippen LogP contribution is 2.48. The number of aryl methyl sites for hydroxylation is 1. The first-order valence-corrected chi connectivity index (χ1v) is 6.33. The van der Waals surface area contributed by atoms with E-state index in [4.69, 9.17) is 4.74 Å². The smallest absolute Gasteiger partial charge is 0.446 e. The normalized spacial score (nSPS) is 19.8. The Morgan fingerprint density at radius 1 is 1.16 bits per heavy atom. The number of benzene rings is 1. The fourth-order valence-corrected chi connectivity index (χ4v) is 2.54. The number of alkyl halides is 3. The van der Waals surface area contributed by atoms with Crippen LogP contribution in [0.2, 0.25) is 0 Å². The van der Waals surface area contributed by atoms with Gasteiger partial charge < -0.3 is 4.74 Å². The molecule has 1 aromatic rings. The van der Waals surface area contributed by atoms with Crippen LogP contribution in [0, 0.1) is 6.92 Å². The SMILES string of the molecule is CC1=C(SC(F)(F)F)C(c2ccc(C)cc2)OC1=O. The second kappa shape index (κ2) is 4.92. The standard InChI is InChI=1S/C13H11F3O2S/c1-7-3-5-9(6-4-7)10-11(19-13(14,15)16)8(2)12(17)18-10/h3-6,10H,1-2H3. The van der Waals surface area contributed by atoms with Crippen molar-refractivity contribution in [3.8, 4) is 0 Å². The molecular weight excluding hydrogens is 277 g/mol. The Hall–Kier alpha value is -1.43. The lowest BCUT2D eigenvalue weighted by atomic mass is 10.1. The average molecular weight is 288 g/mol. The average Bonchev–Trinajstić information content (AvgIpc) is 2.57. The van der Waals surface area contributed by atoms with Gasteiger partial charge in [0.2, 0.25) is 0 Å². The summed E-state index contributed by atoms with van der Waals surface area (Å²) in [7, 11) is 0. The molecule has 1 heterocycles. The van der Waals surface area contributed by atoms with Gasteiger partial charge in [0.1, 0.15) is 0 Å². The van der Waals surface area contributed by atoms with E-state index in [-0.39, 0.29) is 22.2 Å². The summed E-state index contributed by atoms with van der Waals surface area (Å²) in [5.74, 6) is -0.697. The highest BCUT2D eigenvalue weighted by molar-refractivity contribution is 8.04. The van der Waals surface area contributed by atoms with Gasteiger partial charge in [-0.25, -0.2) is 4.79 Å². The van der Waals surface area contributed by atoms with Crippen molar-refractivity contribution in [1.82, 2.24) is 0 Å². The summed E-state index contributed by atoms with van der Waals surface area (Å²) in [6.07, 6.45) is -0.959. The van der Waals surface area contributed by atoms with Crippen molar-refractivity contribution in [2.24, 2.45) is 0 Å². The maximum Gasteiger partial charge on any atom is 0.446 e. The van der Waals surface area contributed by atoms with Crippen molar-refractivity contribution in [3.63, 3.8) is 0 Å². The van der Waals surface area contributed by atoms with Gasteiger partial charge >= 0.3 is 11.5 Å². The Morgan fingerprint density at radius 2 is 1.74 bits per heavy atom. The summed E-state index contributed by atoms with van der Waals surface area (Å²) in [4.78, 5) is 11.4. The third kappa shape index (κ3) is 3.12. The summed E-state index contributed by atoms with van der Waals surface area (Å²) in [6, 6.07) is 6.88. The number of carbonyl (C=O) groups excluding carboxylic acids is 1. The molecule has 0 aliphatic carbocycles. The molecular formula is C13H11F3O2S. The summed E-state index contributed by atoms with van der Waals surface area (Å²) in [6.45, 7) is 3.22. The molecule has 1 unspecified atom stereocenters. The fraction of sp³-hybridized carbons (Fsp3) is 0.308. The van der Waals surface area contributed by atoms with Crippen LogP contribution < -0.4 is 0 Å². The number of thioether (sulfide) groups is 1. The molecule has 2 rings (SSSR count). The zero-order valence-electron chi connectivity index (χ0n) is 10.2. The van der Waals surface area contributed by atoms with Gasteiger partial charge in [0.05, 0.1) is 0 Å². The maximum absolute atomic E-state index is 12.5. The molecule has 6 heteroatoms. The summed E-state index contributed by atoms with van der Waals surface area (Å²) in [5, 5.41) is 0. The van der Waals surface area contributed by atoms with Gasteiger partial charge in [0, 0.05) is 10.5 Å². The molecule has 1 aromatic carbocycles. The molecule has 0 saturated carbocycles. The Morgan fingerprint density at radius 3 is 2.26 bits per heavy atom. The number of hydrogen-bond acceptors (Lipinski definition) is 3. The van der Waals surface area contributed by atoms with E-state index in [1.807, 2.05) is 6.92 Å². The number of ether oxygens (including phenoxy) is 1. The minimum Gasteiger partial charge on any atom is -0.449 e. The molecule has 2 nitrogen and oxygen atoms in total. The Balaban J connectivity index is 2.35. The number of esters is 1. The van der Waals surface area contributed by atoms with E-state index < -0.39 is 17.6 Å². The van der Waals surface area contributed by atoms with Crippen molar-refractivity contribution < 1.29 is 22.7 Å². The lowest BCUT2D eigenvalue weighted by Gasteiger charge is -2.15. The van der Waals surface area contributed by atoms with Crippen LogP contribution in [0.1, 0.15) is 24.2 Å². The number of halogens is 3. The van der Waals surface area contributed by atoms with Gasteiger partial charge in [-0.1, -0.05) is 29.8 Å². The molecule has 0 aromatic heterocycles. The van der Waals surface area contributed by atoms with E-state index in [0.717, 1.165) is 5.56 Å². The van der Waals surface area contributed by atoms with Gasteiger partial charge in [-0.05, 0) is 31.2 Å². The summed E-state index contributed by atoms with van der Waals surface area (Å²) < 4.78 is 42.6. The lowest BCUT2D eigenvalue weighted by Crippen LogP contribution is -2.06. The minimum absolute atomic E-state index is 0.0212. The van der Waals surface area contributed by atoms with Crippen LogP contribution in [0.4, 0.5) is 13.2 Å². The monoisotopic (exact) mass is 288 g/mol. The van der Waals surface area contributed by atoms with Gasteiger partial charge in [-0.3, -0.25) is 0 Å². The van der Waals surface area contributed by atoms with Gasteiger partial charge in [-0.2, -0.15) is 13.2 Å². The zero-order valence-corrected chi connectivity index (χ0v) is 11.1. The number of cyclic esters (lactones) is 1. The first kappa shape index (κ1) is 14.0. The molecule has 0 fully saturated rings. The Labute approximate surface area is 112 Å². The molecule has 0 amide bonds. The predicted molar refractivity (Wildman–Crippen MR) is 66.4 cm³/mol. The first-order valence-electron chi connectivity index (χ1n) is 5.52. The molecule has 0 spiro atoms. The van der Waals surface area contributed by atoms with E-state index in [2.05, 4.69) is 0 Å². The van der Waals surface area contributed by atoms with E-state index in [1.165, 1.54) is 6.92 Å². The minimum atomic E-state index is -4.44. The molecule has 0 bridgehead atoms. The van der Waals surface area contributed by atoms with Gasteiger partial charge in [-0.15, -0.1) is 0 Å². The van der Waals surface area contributed by atoms with Crippen LogP contribution in [0.25, 0.3) is 0 Å². The van der Waals surface area contributed by atoms with Crippen LogP contribution in [0.5, 0.6) is 0 Å². The third-order valence-electron chi connectivity index (χ3n) is 2.74. The highest BCUT2D eigenvalue weighted by Gasteiger charge is 2.41. The largest absolute Gasteiger partial charge is 0.449 e. The van der Waals surface area contributed by atoms with Gasteiger partial charge in [0.15, 0.2) is 6.10 Å². The molecule has 1 aliphatic rings. The number of carbonyl (C=O) groups is 1. The highest BCUT2D eigenvalue weighted by atomic mass is 32.2. The van der Waals surface area contributed by atoms with Crippen LogP contribution in [-0.4, -0.2) is 11.5 Å². The molecule has 102 valence electrons. The third-order valence-corrected chi connectivity index (χ3v) is 3.72. The topological polar surface area (TPSA) is 26.3 Å². The van der Waals surface area contributed by atoms with Crippen molar-refractivity contribution >= 4 is 17.7 Å². The quantitative estimate of drug-likeness (QED) is 0.766. The molecule has 1 aliphatic heterocycles. The second-order valence-corrected chi connectivity index (χ2v) is 5.34. The predicted octanol–water partition coefficient (Wildman–Crippen LogP) is 4.12. The molecule has 1 atom stereocenters. The summed E-state index contributed by atoms with van der Waals surface area (Å²) >= 11 is -0.283. The molecule has 0 radical (unpaired) electrons. The molecule has 0 N–H and O–H groups in total. The Kier molecular flexibility index (Phi) is 3.62. The van der Waals surface area contributed by atoms with Crippen LogP contribution in [-0.2, 0) is 9.53 Å². The summed E-state index contributed by atoms with van der Waals surface area (Å²) in [5.41, 5.74) is -2.89. The van der Waals surface area contributed by atoms with E-state index in [1.54, 1.807) is 24.3 Å². The molecule has 19 heavy (non-hydrogen) atoms.